The van der Waals surface area contributed by atoms with Crippen LogP contribution in [0, 0.1) is 11.8 Å². The van der Waals surface area contributed by atoms with Gasteiger partial charge >= 0.3 is 0 Å². The highest BCUT2D eigenvalue weighted by atomic mass is 16.1. The Labute approximate surface area is 73.2 Å². The molecule has 64 valence electrons. The Balaban J connectivity index is 2.31. The predicted molar refractivity (Wildman–Crippen MR) is 48.7 cm³/mol. The fourth-order valence-corrected chi connectivity index (χ4v) is 2.01. The minimum atomic E-state index is 0.192. The Kier molecular flexibility index (Phi) is 1.87. The van der Waals surface area contributed by atoms with E-state index in [2.05, 4.69) is 18.2 Å². The smallest absolute Gasteiger partial charge is 0.165 e. The molecule has 0 aromatic carbocycles. The molecule has 1 heteroatoms. The van der Waals surface area contributed by atoms with Gasteiger partial charge in [0.05, 0.1) is 0 Å². The van der Waals surface area contributed by atoms with E-state index in [1.807, 2.05) is 6.92 Å². The van der Waals surface area contributed by atoms with Crippen LogP contribution < -0.4 is 0 Å². The van der Waals surface area contributed by atoms with Crippen molar-refractivity contribution < 1.29 is 4.79 Å². The second kappa shape index (κ2) is 2.89. The third-order valence-corrected chi connectivity index (χ3v) is 2.92. The first-order valence-corrected chi connectivity index (χ1v) is 4.66. The fraction of sp³-hybridized carbons (Fsp3) is 0.545. The molecule has 3 aliphatic carbocycles. The number of Topliss-reactive ketones (excluding diaryl/α,β-unsaturated/α-hetero) is 1. The van der Waals surface area contributed by atoms with Gasteiger partial charge in [-0.3, -0.25) is 4.79 Å². The molecule has 0 saturated carbocycles. The summed E-state index contributed by atoms with van der Waals surface area (Å²) in [5.74, 6) is 1.23. The van der Waals surface area contributed by atoms with Gasteiger partial charge in [0.1, 0.15) is 0 Å². The van der Waals surface area contributed by atoms with E-state index in [0.29, 0.717) is 11.7 Å². The first-order chi connectivity index (χ1) is 5.77. The molecule has 0 fully saturated rings. The zero-order valence-corrected chi connectivity index (χ0v) is 7.42. The summed E-state index contributed by atoms with van der Waals surface area (Å²) in [7, 11) is 0. The van der Waals surface area contributed by atoms with Gasteiger partial charge in [-0.25, -0.2) is 0 Å². The van der Waals surface area contributed by atoms with E-state index in [-0.39, 0.29) is 5.92 Å². The molecule has 2 unspecified atom stereocenters. The van der Waals surface area contributed by atoms with Crippen LogP contribution in [0.4, 0.5) is 0 Å². The minimum absolute atomic E-state index is 0.192. The minimum Gasteiger partial charge on any atom is -0.294 e. The van der Waals surface area contributed by atoms with Crippen LogP contribution >= 0.6 is 0 Å². The standard InChI is InChI=1S/C11H14O/c1-8-2-3-9-4-6-10(7-5-9)11(8)12/h2,4,6,9-10H,3,5,7H2,1H3/b8-2-. The average Bonchev–Trinajstić information content (AvgIpc) is 2.12. The van der Waals surface area contributed by atoms with Gasteiger partial charge in [0.15, 0.2) is 5.78 Å². The molecule has 3 aliphatic rings. The summed E-state index contributed by atoms with van der Waals surface area (Å²) in [5.41, 5.74) is 0.967. The molecule has 2 bridgehead atoms. The lowest BCUT2D eigenvalue weighted by Crippen LogP contribution is -2.20. The van der Waals surface area contributed by atoms with Crippen LogP contribution in [-0.4, -0.2) is 5.78 Å². The number of hydrogen-bond acceptors (Lipinski definition) is 1. The molecule has 3 rings (SSSR count). The number of carbonyl (C=O) groups excluding carboxylic acids is 1. The highest BCUT2D eigenvalue weighted by Crippen LogP contribution is 2.30. The van der Waals surface area contributed by atoms with Crippen molar-refractivity contribution >= 4 is 5.78 Å². The second-order valence-corrected chi connectivity index (χ2v) is 3.82. The van der Waals surface area contributed by atoms with E-state index in [9.17, 15) is 4.79 Å². The molecule has 0 aliphatic heterocycles. The van der Waals surface area contributed by atoms with Crippen molar-refractivity contribution in [1.82, 2.24) is 0 Å². The van der Waals surface area contributed by atoms with Gasteiger partial charge in [0.2, 0.25) is 0 Å². The number of carbonyl (C=O) groups is 1. The highest BCUT2D eigenvalue weighted by molar-refractivity contribution is 5.97. The van der Waals surface area contributed by atoms with Crippen LogP contribution in [0.2, 0.25) is 0 Å². The van der Waals surface area contributed by atoms with Gasteiger partial charge in [0, 0.05) is 5.92 Å². The molecule has 0 aromatic rings. The Morgan fingerprint density at radius 3 is 2.83 bits per heavy atom. The maximum absolute atomic E-state index is 11.6. The molecular formula is C11H14O. The molecule has 0 N–H and O–H groups in total. The summed E-state index contributed by atoms with van der Waals surface area (Å²) in [6.07, 6.45) is 9.73. The first-order valence-electron chi connectivity index (χ1n) is 4.66. The van der Waals surface area contributed by atoms with Gasteiger partial charge in [-0.15, -0.1) is 0 Å². The van der Waals surface area contributed by atoms with Crippen LogP contribution in [0.15, 0.2) is 23.8 Å². The zero-order chi connectivity index (χ0) is 8.55. The summed E-state index contributed by atoms with van der Waals surface area (Å²) >= 11 is 0. The number of rotatable bonds is 0. The maximum Gasteiger partial charge on any atom is 0.165 e. The molecule has 0 spiro atoms. The average molecular weight is 162 g/mol. The highest BCUT2D eigenvalue weighted by Gasteiger charge is 2.24. The van der Waals surface area contributed by atoms with Crippen molar-refractivity contribution in [2.24, 2.45) is 11.8 Å². The maximum atomic E-state index is 11.6. The van der Waals surface area contributed by atoms with Gasteiger partial charge in [-0.05, 0) is 37.7 Å². The quantitative estimate of drug-likeness (QED) is 0.500. The third-order valence-electron chi connectivity index (χ3n) is 2.92. The van der Waals surface area contributed by atoms with Gasteiger partial charge in [-0.1, -0.05) is 18.2 Å². The zero-order valence-electron chi connectivity index (χ0n) is 7.42. The number of ketones is 1. The monoisotopic (exact) mass is 162 g/mol. The lowest BCUT2D eigenvalue weighted by atomic mass is 9.80. The second-order valence-electron chi connectivity index (χ2n) is 3.82. The van der Waals surface area contributed by atoms with Crippen LogP contribution in [0.5, 0.6) is 0 Å². The third kappa shape index (κ3) is 1.24. The van der Waals surface area contributed by atoms with Crippen molar-refractivity contribution in [3.63, 3.8) is 0 Å². The molecule has 2 atom stereocenters. The van der Waals surface area contributed by atoms with Crippen LogP contribution in [0.3, 0.4) is 0 Å². The molecule has 0 heterocycles. The van der Waals surface area contributed by atoms with Crippen molar-refractivity contribution in [3.05, 3.63) is 23.8 Å². The van der Waals surface area contributed by atoms with Gasteiger partial charge < -0.3 is 0 Å². The largest absolute Gasteiger partial charge is 0.294 e. The van der Waals surface area contributed by atoms with E-state index in [0.717, 1.165) is 18.4 Å². The SMILES string of the molecule is C/C1=C/CC2C=CC(CC2)C1=O. The van der Waals surface area contributed by atoms with Crippen molar-refractivity contribution in [1.29, 1.82) is 0 Å². The number of fused-ring (bicyclic) bond motifs is 3. The Morgan fingerprint density at radius 2 is 2.17 bits per heavy atom. The molecule has 0 aromatic heterocycles. The number of allylic oxidation sites excluding steroid dienone is 4. The lowest BCUT2D eigenvalue weighted by Gasteiger charge is -2.24. The van der Waals surface area contributed by atoms with Crippen LogP contribution in [0.25, 0.3) is 0 Å². The van der Waals surface area contributed by atoms with Crippen LogP contribution in [0.1, 0.15) is 26.2 Å². The summed E-state index contributed by atoms with van der Waals surface area (Å²) in [6.45, 7) is 1.94. The Morgan fingerprint density at radius 1 is 1.33 bits per heavy atom. The van der Waals surface area contributed by atoms with Crippen molar-refractivity contribution in [2.45, 2.75) is 26.2 Å². The van der Waals surface area contributed by atoms with E-state index in [1.54, 1.807) is 0 Å². The molecule has 0 amide bonds. The van der Waals surface area contributed by atoms with E-state index < -0.39 is 0 Å². The molecular weight excluding hydrogens is 148 g/mol. The Bertz CT molecular complexity index is 260. The van der Waals surface area contributed by atoms with Crippen molar-refractivity contribution in [3.8, 4) is 0 Å². The molecule has 0 saturated heterocycles. The topological polar surface area (TPSA) is 17.1 Å². The van der Waals surface area contributed by atoms with Gasteiger partial charge in [0.25, 0.3) is 0 Å². The molecule has 0 radical (unpaired) electrons. The van der Waals surface area contributed by atoms with Crippen LogP contribution in [-0.2, 0) is 4.79 Å². The summed E-state index contributed by atoms with van der Waals surface area (Å²) in [5, 5.41) is 0. The molecule has 12 heavy (non-hydrogen) atoms. The fourth-order valence-electron chi connectivity index (χ4n) is 2.01. The summed E-state index contributed by atoms with van der Waals surface area (Å²) < 4.78 is 0. The predicted octanol–water partition coefficient (Wildman–Crippen LogP) is 2.49. The Hall–Kier alpha value is -0.850. The number of hydrogen-bond donors (Lipinski definition) is 0. The van der Waals surface area contributed by atoms with Gasteiger partial charge in [-0.2, -0.15) is 0 Å². The first kappa shape index (κ1) is 7.78. The van der Waals surface area contributed by atoms with E-state index in [4.69, 9.17) is 0 Å². The lowest BCUT2D eigenvalue weighted by molar-refractivity contribution is -0.118. The van der Waals surface area contributed by atoms with Crippen molar-refractivity contribution in [2.75, 3.05) is 0 Å². The summed E-state index contributed by atoms with van der Waals surface area (Å²) in [4.78, 5) is 11.6. The summed E-state index contributed by atoms with van der Waals surface area (Å²) in [6, 6.07) is 0. The molecule has 1 nitrogen and oxygen atoms in total. The van der Waals surface area contributed by atoms with E-state index in [1.165, 1.54) is 6.42 Å². The van der Waals surface area contributed by atoms with E-state index >= 15 is 0 Å². The normalized spacial score (nSPS) is 38.8.